The minimum absolute atomic E-state index is 0.00220. The highest BCUT2D eigenvalue weighted by Gasteiger charge is 2.15. The lowest BCUT2D eigenvalue weighted by molar-refractivity contribution is 0.0601. The van der Waals surface area contributed by atoms with E-state index in [0.717, 1.165) is 18.1 Å². The summed E-state index contributed by atoms with van der Waals surface area (Å²) in [6, 6.07) is 7.85. The number of aryl methyl sites for hydroxylation is 1. The Morgan fingerprint density at radius 3 is 2.38 bits per heavy atom. The summed E-state index contributed by atoms with van der Waals surface area (Å²) in [6.07, 6.45) is 1.39. The second-order valence-corrected chi connectivity index (χ2v) is 5.78. The maximum absolute atomic E-state index is 14.0. The van der Waals surface area contributed by atoms with Gasteiger partial charge >= 0.3 is 5.97 Å². The number of carbonyl (C=O) groups excluding carboxylic acids is 1. The van der Waals surface area contributed by atoms with Crippen LogP contribution in [0, 0.1) is 12.7 Å². The van der Waals surface area contributed by atoms with Crippen molar-refractivity contribution in [1.82, 2.24) is 0 Å². The number of benzene rings is 2. The van der Waals surface area contributed by atoms with Crippen LogP contribution in [0.25, 0.3) is 0 Å². The van der Waals surface area contributed by atoms with Crippen molar-refractivity contribution in [2.45, 2.75) is 19.8 Å². The highest BCUT2D eigenvalue weighted by Crippen LogP contribution is 2.25. The van der Waals surface area contributed by atoms with E-state index in [1.165, 1.54) is 13.2 Å². The number of nitrogen functional groups attached to an aromatic ring is 2. The van der Waals surface area contributed by atoms with Gasteiger partial charge in [0.1, 0.15) is 5.75 Å². The molecule has 6 nitrogen and oxygen atoms in total. The molecule has 140 valence electrons. The number of anilines is 2. The van der Waals surface area contributed by atoms with Crippen molar-refractivity contribution in [2.75, 3.05) is 31.8 Å². The van der Waals surface area contributed by atoms with E-state index in [1.807, 2.05) is 19.1 Å². The molecule has 0 radical (unpaired) electrons. The largest absolute Gasteiger partial charge is 0.494 e. The second kappa shape index (κ2) is 8.94. The Morgan fingerprint density at radius 2 is 1.73 bits per heavy atom. The molecular formula is C19H23FN2O4. The molecular weight excluding hydrogens is 339 g/mol. The van der Waals surface area contributed by atoms with Gasteiger partial charge in [-0.25, -0.2) is 9.18 Å². The predicted octanol–water partition coefficient (Wildman–Crippen LogP) is 3.32. The van der Waals surface area contributed by atoms with Crippen LogP contribution in [0.2, 0.25) is 0 Å². The number of hydrogen-bond acceptors (Lipinski definition) is 6. The molecule has 0 amide bonds. The maximum Gasteiger partial charge on any atom is 0.340 e. The van der Waals surface area contributed by atoms with Crippen molar-refractivity contribution in [2.24, 2.45) is 0 Å². The number of carbonyl (C=O) groups is 1. The number of esters is 1. The highest BCUT2D eigenvalue weighted by molar-refractivity contribution is 5.95. The number of unbranched alkanes of at least 4 members (excludes halogenated alkanes) is 1. The van der Waals surface area contributed by atoms with Crippen molar-refractivity contribution in [1.29, 1.82) is 0 Å². The molecule has 0 bridgehead atoms. The zero-order valence-corrected chi connectivity index (χ0v) is 14.9. The standard InChI is InChI=1S/C19H23FN2O4/c1-12-5-6-13(9-16(12)21)25-7-3-4-8-26-18-11-17(22)14(10-15(18)20)19(23)24-2/h5-6,9-11H,3-4,7-8,21-22H2,1-2H3. The first-order valence-corrected chi connectivity index (χ1v) is 8.21. The Labute approximate surface area is 151 Å². The van der Waals surface area contributed by atoms with Gasteiger partial charge in [0.2, 0.25) is 0 Å². The molecule has 0 fully saturated rings. The topological polar surface area (TPSA) is 96.8 Å². The number of ether oxygens (including phenoxy) is 3. The molecule has 0 aliphatic carbocycles. The molecule has 0 aliphatic rings. The third kappa shape index (κ3) is 5.02. The van der Waals surface area contributed by atoms with Gasteiger partial charge < -0.3 is 25.7 Å². The summed E-state index contributed by atoms with van der Waals surface area (Å²) >= 11 is 0. The summed E-state index contributed by atoms with van der Waals surface area (Å²) in [5, 5.41) is 0. The van der Waals surface area contributed by atoms with Crippen molar-refractivity contribution < 1.29 is 23.4 Å². The average Bonchev–Trinajstić information content (AvgIpc) is 2.62. The molecule has 0 saturated carbocycles. The quantitative estimate of drug-likeness (QED) is 0.425. The van der Waals surface area contributed by atoms with Gasteiger partial charge in [0.25, 0.3) is 0 Å². The minimum atomic E-state index is -0.693. The number of halogens is 1. The Balaban J connectivity index is 1.76. The van der Waals surface area contributed by atoms with E-state index < -0.39 is 11.8 Å². The molecule has 0 spiro atoms. The number of nitrogens with two attached hydrogens (primary N) is 2. The lowest BCUT2D eigenvalue weighted by Crippen LogP contribution is -2.08. The van der Waals surface area contributed by atoms with Gasteiger partial charge in [-0.1, -0.05) is 6.07 Å². The Hall–Kier alpha value is -2.96. The molecule has 0 aliphatic heterocycles. The first-order chi connectivity index (χ1) is 12.4. The van der Waals surface area contributed by atoms with Crippen molar-refractivity contribution in [3.8, 4) is 11.5 Å². The third-order valence-electron chi connectivity index (χ3n) is 3.83. The molecule has 0 atom stereocenters. The van der Waals surface area contributed by atoms with Crippen LogP contribution in [0.3, 0.4) is 0 Å². The van der Waals surface area contributed by atoms with Crippen molar-refractivity contribution in [3.05, 3.63) is 47.3 Å². The molecule has 0 saturated heterocycles. The van der Waals surface area contributed by atoms with Crippen LogP contribution >= 0.6 is 0 Å². The highest BCUT2D eigenvalue weighted by atomic mass is 19.1. The van der Waals surface area contributed by atoms with Crippen LogP contribution in [-0.4, -0.2) is 26.3 Å². The van der Waals surface area contributed by atoms with Crippen LogP contribution < -0.4 is 20.9 Å². The number of methoxy groups -OCH3 is 1. The van der Waals surface area contributed by atoms with Gasteiger partial charge in [0, 0.05) is 17.8 Å². The van der Waals surface area contributed by atoms with E-state index in [1.54, 1.807) is 6.07 Å². The van der Waals surface area contributed by atoms with E-state index in [9.17, 15) is 9.18 Å². The SMILES string of the molecule is COC(=O)c1cc(F)c(OCCCCOc2ccc(C)c(N)c2)cc1N. The van der Waals surface area contributed by atoms with Crippen molar-refractivity contribution >= 4 is 17.3 Å². The summed E-state index contributed by atoms with van der Waals surface area (Å²) in [4.78, 5) is 11.5. The normalized spacial score (nSPS) is 10.4. The summed E-state index contributed by atoms with van der Waals surface area (Å²) < 4.78 is 29.5. The third-order valence-corrected chi connectivity index (χ3v) is 3.83. The van der Waals surface area contributed by atoms with E-state index in [-0.39, 0.29) is 17.0 Å². The molecule has 26 heavy (non-hydrogen) atoms. The van der Waals surface area contributed by atoms with E-state index >= 15 is 0 Å². The van der Waals surface area contributed by atoms with Crippen LogP contribution in [0.1, 0.15) is 28.8 Å². The van der Waals surface area contributed by atoms with E-state index in [4.69, 9.17) is 20.9 Å². The lowest BCUT2D eigenvalue weighted by atomic mass is 10.1. The van der Waals surface area contributed by atoms with Crippen LogP contribution in [0.4, 0.5) is 15.8 Å². The zero-order chi connectivity index (χ0) is 19.1. The molecule has 0 unspecified atom stereocenters. The Kier molecular flexibility index (Phi) is 6.66. The zero-order valence-electron chi connectivity index (χ0n) is 14.9. The lowest BCUT2D eigenvalue weighted by Gasteiger charge is -2.11. The maximum atomic E-state index is 14.0. The monoisotopic (exact) mass is 362 g/mol. The van der Waals surface area contributed by atoms with Gasteiger partial charge in [0.15, 0.2) is 11.6 Å². The predicted molar refractivity (Wildman–Crippen MR) is 98.0 cm³/mol. The van der Waals surface area contributed by atoms with Crippen molar-refractivity contribution in [3.63, 3.8) is 0 Å². The smallest absolute Gasteiger partial charge is 0.340 e. The molecule has 0 aromatic heterocycles. The summed E-state index contributed by atoms with van der Waals surface area (Å²) in [7, 11) is 1.21. The molecule has 2 aromatic rings. The molecule has 7 heteroatoms. The van der Waals surface area contributed by atoms with Gasteiger partial charge in [-0.3, -0.25) is 0 Å². The first kappa shape index (κ1) is 19.4. The minimum Gasteiger partial charge on any atom is -0.494 e. The molecule has 4 N–H and O–H groups in total. The summed E-state index contributed by atoms with van der Waals surface area (Å²) in [6.45, 7) is 2.73. The number of rotatable bonds is 8. The molecule has 0 heterocycles. The first-order valence-electron chi connectivity index (χ1n) is 8.21. The average molecular weight is 362 g/mol. The van der Waals surface area contributed by atoms with Gasteiger partial charge in [-0.15, -0.1) is 0 Å². The summed E-state index contributed by atoms with van der Waals surface area (Å²) in [5.74, 6) is -0.638. The Morgan fingerprint density at radius 1 is 1.04 bits per heavy atom. The van der Waals surface area contributed by atoms with Crippen LogP contribution in [0.5, 0.6) is 11.5 Å². The molecule has 2 aromatic carbocycles. The van der Waals surface area contributed by atoms with Gasteiger partial charge in [0.05, 0.1) is 31.6 Å². The fourth-order valence-corrected chi connectivity index (χ4v) is 2.25. The second-order valence-electron chi connectivity index (χ2n) is 5.78. The van der Waals surface area contributed by atoms with Gasteiger partial charge in [-0.05, 0) is 37.5 Å². The number of hydrogen-bond donors (Lipinski definition) is 2. The van der Waals surface area contributed by atoms with Crippen LogP contribution in [-0.2, 0) is 4.74 Å². The fourth-order valence-electron chi connectivity index (χ4n) is 2.25. The van der Waals surface area contributed by atoms with Gasteiger partial charge in [-0.2, -0.15) is 0 Å². The molecule has 2 rings (SSSR count). The van der Waals surface area contributed by atoms with Crippen LogP contribution in [0.15, 0.2) is 30.3 Å². The van der Waals surface area contributed by atoms with E-state index in [0.29, 0.717) is 31.1 Å². The van der Waals surface area contributed by atoms with E-state index in [2.05, 4.69) is 4.74 Å². The fraction of sp³-hybridized carbons (Fsp3) is 0.316. The summed E-state index contributed by atoms with van der Waals surface area (Å²) in [5.41, 5.74) is 13.3. The Bertz CT molecular complexity index is 780.